The molecule has 0 radical (unpaired) electrons. The van der Waals surface area contributed by atoms with Gasteiger partial charge in [0, 0.05) is 33.1 Å². The maximum Gasteiger partial charge on any atom is 0.246 e. The number of hydrogen-bond donors (Lipinski definition) is 7. The second kappa shape index (κ2) is 21.5. The summed E-state index contributed by atoms with van der Waals surface area (Å²) in [7, 11) is 0. The number of amides is 8. The summed E-state index contributed by atoms with van der Waals surface area (Å²) in [6.07, 6.45) is 4.12. The number of nitrogens with zero attached hydrogens (tertiary/aromatic N) is 4. The van der Waals surface area contributed by atoms with E-state index < -0.39 is 77.7 Å². The van der Waals surface area contributed by atoms with Crippen LogP contribution in [0.1, 0.15) is 106 Å². The Morgan fingerprint density at radius 2 is 1.14 bits per heavy atom. The van der Waals surface area contributed by atoms with E-state index in [9.17, 15) is 38.4 Å². The van der Waals surface area contributed by atoms with E-state index in [4.69, 9.17) is 17.2 Å². The fourth-order valence-electron chi connectivity index (χ4n) is 7.86. The van der Waals surface area contributed by atoms with Gasteiger partial charge in [0.25, 0.3) is 0 Å². The van der Waals surface area contributed by atoms with Crippen molar-refractivity contribution in [1.82, 2.24) is 36.0 Å². The van der Waals surface area contributed by atoms with Crippen LogP contribution >= 0.6 is 0 Å². The molecule has 0 bridgehead atoms. The van der Waals surface area contributed by atoms with Gasteiger partial charge in [-0.3, -0.25) is 43.3 Å². The number of nitrogens with two attached hydrogens (primary N) is 3. The van der Waals surface area contributed by atoms with Gasteiger partial charge in [-0.05, 0) is 83.0 Å². The highest BCUT2D eigenvalue weighted by atomic mass is 16.2. The Labute approximate surface area is 335 Å². The Kier molecular flexibility index (Phi) is 17.5. The molecule has 0 spiro atoms. The average molecular weight is 804 g/mol. The van der Waals surface area contributed by atoms with Crippen LogP contribution in [0, 0.1) is 11.8 Å². The highest BCUT2D eigenvalue weighted by Gasteiger charge is 2.45. The third-order valence-electron chi connectivity index (χ3n) is 10.6. The van der Waals surface area contributed by atoms with Crippen LogP contribution in [0.15, 0.2) is 4.99 Å². The SMILES string of the molecule is CC(=O)N[C@@H](CCCN=C(N)N)C(=O)N[C@@H](C)C(=O)N[C@@H](CC(C)C)C(=O)N1CCC[C@H]1C(=O)N1CCC[C@H]1C(=O)N[C@@H](CC(C)C)C(=O)N1CCC[C@H]1C(N)=O. The van der Waals surface area contributed by atoms with Crippen LogP contribution in [-0.2, 0) is 38.4 Å². The molecular weight excluding hydrogens is 738 g/mol. The predicted octanol–water partition coefficient (Wildman–Crippen LogP) is -1.43. The first-order valence-corrected chi connectivity index (χ1v) is 20.3. The van der Waals surface area contributed by atoms with Crippen LogP contribution in [0.5, 0.6) is 0 Å². The molecule has 57 heavy (non-hydrogen) atoms. The van der Waals surface area contributed by atoms with E-state index in [1.165, 1.54) is 28.5 Å². The number of guanidine groups is 1. The molecule has 0 aromatic carbocycles. The van der Waals surface area contributed by atoms with Gasteiger partial charge in [-0.15, -0.1) is 0 Å². The van der Waals surface area contributed by atoms with Gasteiger partial charge in [0.1, 0.15) is 42.3 Å². The van der Waals surface area contributed by atoms with Gasteiger partial charge in [-0.2, -0.15) is 0 Å². The summed E-state index contributed by atoms with van der Waals surface area (Å²) in [4.78, 5) is 115. The lowest BCUT2D eigenvalue weighted by molar-refractivity contribution is -0.148. The first-order valence-electron chi connectivity index (χ1n) is 20.3. The first kappa shape index (κ1) is 46.4. The fraction of sp³-hybridized carbons (Fsp3) is 0.763. The maximum absolute atomic E-state index is 14.2. The molecule has 0 aromatic heterocycles. The maximum atomic E-state index is 14.2. The number of carbonyl (C=O) groups excluding carboxylic acids is 8. The molecule has 3 rings (SSSR count). The number of likely N-dealkylation sites (tertiary alicyclic amines) is 3. The Bertz CT molecular complexity index is 1520. The smallest absolute Gasteiger partial charge is 0.246 e. The molecule has 7 atom stereocenters. The van der Waals surface area contributed by atoms with Crippen LogP contribution in [0.25, 0.3) is 0 Å². The van der Waals surface area contributed by atoms with Crippen LogP contribution in [0.4, 0.5) is 0 Å². The van der Waals surface area contributed by atoms with Gasteiger partial charge >= 0.3 is 0 Å². The molecule has 3 heterocycles. The van der Waals surface area contributed by atoms with Gasteiger partial charge in [0.2, 0.25) is 47.3 Å². The number of hydrogen-bond acceptors (Lipinski definition) is 9. The van der Waals surface area contributed by atoms with Gasteiger partial charge in [0.05, 0.1) is 0 Å². The largest absolute Gasteiger partial charge is 0.370 e. The number of primary amides is 1. The molecule has 19 heteroatoms. The normalized spacial score (nSPS) is 21.4. The minimum absolute atomic E-state index is 0.0257. The molecule has 0 aliphatic carbocycles. The summed E-state index contributed by atoms with van der Waals surface area (Å²) < 4.78 is 0. The highest BCUT2D eigenvalue weighted by Crippen LogP contribution is 2.27. The summed E-state index contributed by atoms with van der Waals surface area (Å²) in [5, 5.41) is 10.9. The van der Waals surface area contributed by atoms with Crippen molar-refractivity contribution in [3.8, 4) is 0 Å². The third kappa shape index (κ3) is 13.3. The molecule has 3 aliphatic rings. The lowest BCUT2D eigenvalue weighted by atomic mass is 10.0. The number of aliphatic imine (C=N–C) groups is 1. The first-order chi connectivity index (χ1) is 26.8. The van der Waals surface area contributed by atoms with Crippen molar-refractivity contribution in [3.05, 3.63) is 0 Å². The number of nitrogens with one attached hydrogen (secondary N) is 4. The van der Waals surface area contributed by atoms with Crippen molar-refractivity contribution >= 4 is 53.2 Å². The summed E-state index contributed by atoms with van der Waals surface area (Å²) in [6, 6.07) is -6.38. The molecule has 0 unspecified atom stereocenters. The van der Waals surface area contributed by atoms with E-state index in [1.54, 1.807) is 0 Å². The second-order valence-electron chi connectivity index (χ2n) is 16.3. The molecule has 19 nitrogen and oxygen atoms in total. The minimum Gasteiger partial charge on any atom is -0.370 e. The molecule has 8 amide bonds. The van der Waals surface area contributed by atoms with Crippen molar-refractivity contribution < 1.29 is 38.4 Å². The van der Waals surface area contributed by atoms with Gasteiger partial charge in [-0.1, -0.05) is 27.7 Å². The van der Waals surface area contributed by atoms with E-state index in [2.05, 4.69) is 26.3 Å². The number of rotatable bonds is 19. The molecule has 3 saturated heterocycles. The van der Waals surface area contributed by atoms with Crippen molar-refractivity contribution in [2.45, 2.75) is 148 Å². The number of carbonyl (C=O) groups is 8. The second-order valence-corrected chi connectivity index (χ2v) is 16.3. The quantitative estimate of drug-likeness (QED) is 0.0454. The summed E-state index contributed by atoms with van der Waals surface area (Å²) >= 11 is 0. The van der Waals surface area contributed by atoms with E-state index >= 15 is 0 Å². The van der Waals surface area contributed by atoms with Crippen LogP contribution in [0.3, 0.4) is 0 Å². The van der Waals surface area contributed by atoms with Crippen LogP contribution < -0.4 is 38.5 Å². The topological polar surface area (TPSA) is 285 Å². The van der Waals surface area contributed by atoms with Gasteiger partial charge in [-0.25, -0.2) is 0 Å². The fourth-order valence-corrected chi connectivity index (χ4v) is 7.86. The Balaban J connectivity index is 1.70. The molecule has 3 fully saturated rings. The van der Waals surface area contributed by atoms with E-state index in [1.807, 2.05) is 27.7 Å². The summed E-state index contributed by atoms with van der Waals surface area (Å²) in [5.74, 6) is -3.99. The zero-order chi connectivity index (χ0) is 42.6. The minimum atomic E-state index is -1.08. The van der Waals surface area contributed by atoms with Crippen LogP contribution in [0.2, 0.25) is 0 Å². The lowest BCUT2D eigenvalue weighted by Crippen LogP contribution is -2.59. The molecular formula is C38H65N11O8. The predicted molar refractivity (Wildman–Crippen MR) is 211 cm³/mol. The zero-order valence-electron chi connectivity index (χ0n) is 34.4. The van der Waals surface area contributed by atoms with E-state index in [-0.39, 0.29) is 55.5 Å². The Morgan fingerprint density at radius 3 is 1.67 bits per heavy atom. The van der Waals surface area contributed by atoms with E-state index in [0.29, 0.717) is 64.5 Å². The molecule has 3 aliphatic heterocycles. The van der Waals surface area contributed by atoms with Gasteiger partial charge < -0.3 is 53.2 Å². The van der Waals surface area contributed by atoms with Crippen LogP contribution in [-0.4, -0.2) is 136 Å². The molecule has 0 saturated carbocycles. The monoisotopic (exact) mass is 804 g/mol. The van der Waals surface area contributed by atoms with Crippen molar-refractivity contribution in [2.75, 3.05) is 26.2 Å². The summed E-state index contributed by atoms with van der Waals surface area (Å²) in [5.41, 5.74) is 16.3. The Morgan fingerprint density at radius 1 is 0.632 bits per heavy atom. The summed E-state index contributed by atoms with van der Waals surface area (Å²) in [6.45, 7) is 11.6. The molecule has 0 aromatic rings. The standard InChI is InChI=1S/C38H65N11O8/c1-21(2)19-26(45-32(52)23(5)43-33(53)25(44-24(6)50)11-7-15-42-38(40)41)36(56)49-18-10-14-30(49)37(57)48-17-9-13-29(48)34(54)46-27(20-22(3)4)35(55)47-16-8-12-28(47)31(39)51/h21-23,25-30H,7-20H2,1-6H3,(H2,39,51)(H,43,53)(H,44,50)(H,45,52)(H,46,54)(H4,40,41,42)/t23-,25-,26-,27-,28-,29-,30-/m0/s1. The third-order valence-corrected chi connectivity index (χ3v) is 10.6. The average Bonchev–Trinajstić information content (AvgIpc) is 3.92. The molecule has 10 N–H and O–H groups in total. The zero-order valence-corrected chi connectivity index (χ0v) is 34.4. The highest BCUT2D eigenvalue weighted by molar-refractivity contribution is 5.98. The Hall–Kier alpha value is -4.97. The van der Waals surface area contributed by atoms with E-state index in [0.717, 1.165) is 0 Å². The van der Waals surface area contributed by atoms with Crippen molar-refractivity contribution in [2.24, 2.45) is 34.0 Å². The van der Waals surface area contributed by atoms with Crippen molar-refractivity contribution in [3.63, 3.8) is 0 Å². The van der Waals surface area contributed by atoms with Crippen molar-refractivity contribution in [1.29, 1.82) is 0 Å². The van der Waals surface area contributed by atoms with Gasteiger partial charge in [0.15, 0.2) is 5.96 Å². The molecule has 320 valence electrons. The lowest BCUT2D eigenvalue weighted by Gasteiger charge is -2.34.